The summed E-state index contributed by atoms with van der Waals surface area (Å²) in [5, 5.41) is 7.47. The van der Waals surface area contributed by atoms with Crippen molar-refractivity contribution in [3.05, 3.63) is 71.8 Å². The van der Waals surface area contributed by atoms with Gasteiger partial charge in [0.15, 0.2) is 5.11 Å². The molecule has 0 aliphatic carbocycles. The molecule has 0 saturated heterocycles. The molecule has 2 aromatic rings. The Morgan fingerprint density at radius 2 is 1.71 bits per heavy atom. The molecule has 0 unspecified atom stereocenters. The van der Waals surface area contributed by atoms with Gasteiger partial charge in [-0.05, 0) is 79.2 Å². The number of hydrogen-bond acceptors (Lipinski definition) is 4. The fourth-order valence-corrected chi connectivity index (χ4v) is 2.40. The molecule has 0 bridgehead atoms. The maximum Gasteiger partial charge on any atom is 0.187 e. The van der Waals surface area contributed by atoms with Crippen LogP contribution in [0.2, 0.25) is 0 Å². The van der Waals surface area contributed by atoms with Crippen molar-refractivity contribution < 1.29 is 9.47 Å². The van der Waals surface area contributed by atoms with Crippen LogP contribution in [-0.2, 0) is 0 Å². The zero-order valence-corrected chi connectivity index (χ0v) is 17.2. The molecule has 0 aliphatic heterocycles. The van der Waals surface area contributed by atoms with Gasteiger partial charge in [0, 0.05) is 13.0 Å². The van der Waals surface area contributed by atoms with Crippen LogP contribution < -0.4 is 20.2 Å². The van der Waals surface area contributed by atoms with Gasteiger partial charge in [0.05, 0.1) is 19.4 Å². The first kappa shape index (κ1) is 21.4. The van der Waals surface area contributed by atoms with Crippen molar-refractivity contribution in [2.24, 2.45) is 5.10 Å². The van der Waals surface area contributed by atoms with Gasteiger partial charge in [-0.3, -0.25) is 5.43 Å². The lowest BCUT2D eigenvalue weighted by molar-refractivity contribution is 0.247. The molecule has 5 nitrogen and oxygen atoms in total. The molecule has 28 heavy (non-hydrogen) atoms. The molecule has 0 heterocycles. The van der Waals surface area contributed by atoms with E-state index >= 15 is 0 Å². The molecule has 0 saturated carbocycles. The molecule has 148 valence electrons. The van der Waals surface area contributed by atoms with Gasteiger partial charge in [0.2, 0.25) is 0 Å². The summed E-state index contributed by atoms with van der Waals surface area (Å²) in [7, 11) is 0. The average molecular weight is 398 g/mol. The van der Waals surface area contributed by atoms with E-state index in [9.17, 15) is 0 Å². The van der Waals surface area contributed by atoms with Crippen molar-refractivity contribution in [1.82, 2.24) is 10.7 Å². The van der Waals surface area contributed by atoms with Crippen molar-refractivity contribution in [2.75, 3.05) is 19.8 Å². The van der Waals surface area contributed by atoms with Gasteiger partial charge in [0.25, 0.3) is 0 Å². The van der Waals surface area contributed by atoms with Crippen LogP contribution in [0.15, 0.2) is 60.2 Å². The molecule has 0 amide bonds. The van der Waals surface area contributed by atoms with Crippen molar-refractivity contribution in [1.29, 1.82) is 0 Å². The Labute approximate surface area is 172 Å². The lowest BCUT2D eigenvalue weighted by atomic mass is 10.1. The number of rotatable bonds is 10. The molecule has 0 aromatic heterocycles. The first-order chi connectivity index (χ1) is 13.6. The Hall–Kier alpha value is -2.86. The maximum atomic E-state index is 5.76. The minimum Gasteiger partial charge on any atom is -0.493 e. The highest BCUT2D eigenvalue weighted by atomic mass is 32.1. The summed E-state index contributed by atoms with van der Waals surface area (Å²) in [6, 6.07) is 13.8. The lowest BCUT2D eigenvalue weighted by Crippen LogP contribution is -2.31. The Morgan fingerprint density at radius 3 is 2.39 bits per heavy atom. The van der Waals surface area contributed by atoms with E-state index in [-0.39, 0.29) is 0 Å². The summed E-state index contributed by atoms with van der Waals surface area (Å²) in [5.41, 5.74) is 6.20. The molecule has 0 atom stereocenters. The van der Waals surface area contributed by atoms with Gasteiger partial charge < -0.3 is 14.8 Å². The van der Waals surface area contributed by atoms with E-state index in [1.807, 2.05) is 30.3 Å². The Bertz CT molecular complexity index is 804. The van der Waals surface area contributed by atoms with Gasteiger partial charge in [-0.15, -0.1) is 6.58 Å². The molecule has 2 N–H and O–H groups in total. The summed E-state index contributed by atoms with van der Waals surface area (Å²) >= 11 is 5.05. The smallest absolute Gasteiger partial charge is 0.187 e. The predicted molar refractivity (Wildman–Crippen MR) is 119 cm³/mol. The third-order valence-corrected chi connectivity index (χ3v) is 4.21. The second-order valence-corrected chi connectivity index (χ2v) is 6.64. The van der Waals surface area contributed by atoms with Gasteiger partial charge in [0.1, 0.15) is 11.5 Å². The van der Waals surface area contributed by atoms with Crippen molar-refractivity contribution in [3.8, 4) is 11.5 Å². The molecule has 6 heteroatoms. The monoisotopic (exact) mass is 397 g/mol. The summed E-state index contributed by atoms with van der Waals surface area (Å²) in [5.74, 6) is 1.72. The van der Waals surface area contributed by atoms with E-state index in [0.29, 0.717) is 24.9 Å². The second-order valence-electron chi connectivity index (χ2n) is 6.23. The van der Waals surface area contributed by atoms with Crippen LogP contribution in [-0.4, -0.2) is 31.1 Å². The molecular weight excluding hydrogens is 370 g/mol. The van der Waals surface area contributed by atoms with Crippen LogP contribution in [0.4, 0.5) is 0 Å². The number of benzene rings is 2. The molecule has 0 radical (unpaired) electrons. The largest absolute Gasteiger partial charge is 0.493 e. The maximum absolute atomic E-state index is 5.76. The molecule has 2 rings (SSSR count). The van der Waals surface area contributed by atoms with Crippen LogP contribution in [0.3, 0.4) is 0 Å². The highest BCUT2D eigenvalue weighted by Crippen LogP contribution is 2.16. The summed E-state index contributed by atoms with van der Waals surface area (Å²) < 4.78 is 11.5. The summed E-state index contributed by atoms with van der Waals surface area (Å²) in [6.07, 6.45) is 4.24. The number of thiocarbonyl (C=S) groups is 1. The van der Waals surface area contributed by atoms with E-state index in [2.05, 4.69) is 48.4 Å². The normalized spacial score (nSPS) is 10.5. The Morgan fingerprint density at radius 1 is 1.04 bits per heavy atom. The van der Waals surface area contributed by atoms with Gasteiger partial charge in [-0.1, -0.05) is 12.1 Å². The van der Waals surface area contributed by atoms with Crippen molar-refractivity contribution in [3.63, 3.8) is 0 Å². The van der Waals surface area contributed by atoms with Crippen LogP contribution in [0, 0.1) is 13.8 Å². The van der Waals surface area contributed by atoms with E-state index < -0.39 is 0 Å². The SMILES string of the molecule is C=CCNC(=S)N/N=C\c1ccc(OCCCOc2ccc(C)c(C)c2)cc1. The van der Waals surface area contributed by atoms with Crippen LogP contribution in [0.25, 0.3) is 0 Å². The Balaban J connectivity index is 1.66. The van der Waals surface area contributed by atoms with Crippen LogP contribution in [0.5, 0.6) is 11.5 Å². The average Bonchev–Trinajstić information content (AvgIpc) is 2.70. The van der Waals surface area contributed by atoms with Gasteiger partial charge in [-0.25, -0.2) is 0 Å². The van der Waals surface area contributed by atoms with Crippen LogP contribution >= 0.6 is 12.2 Å². The van der Waals surface area contributed by atoms with Gasteiger partial charge >= 0.3 is 0 Å². The minimum atomic E-state index is 0.458. The van der Waals surface area contributed by atoms with E-state index in [1.54, 1.807) is 12.3 Å². The number of nitrogens with zero attached hydrogens (tertiary/aromatic N) is 1. The molecule has 0 aliphatic rings. The molecular formula is C22H27N3O2S. The second kappa shape index (κ2) is 11.8. The number of hydrazone groups is 1. The fraction of sp³-hybridized carbons (Fsp3) is 0.273. The number of aryl methyl sites for hydroxylation is 2. The quantitative estimate of drug-likeness (QED) is 0.208. The first-order valence-electron chi connectivity index (χ1n) is 9.19. The third kappa shape index (κ3) is 7.80. The number of nitrogens with one attached hydrogen (secondary N) is 2. The minimum absolute atomic E-state index is 0.458. The van der Waals surface area contributed by atoms with Crippen molar-refractivity contribution >= 4 is 23.5 Å². The lowest BCUT2D eigenvalue weighted by Gasteiger charge is -2.09. The third-order valence-electron chi connectivity index (χ3n) is 3.97. The van der Waals surface area contributed by atoms with E-state index in [1.165, 1.54) is 11.1 Å². The van der Waals surface area contributed by atoms with Crippen LogP contribution in [0.1, 0.15) is 23.1 Å². The zero-order chi connectivity index (χ0) is 20.2. The fourth-order valence-electron chi connectivity index (χ4n) is 2.26. The standard InChI is InChI=1S/C22H27N3O2S/c1-4-12-23-22(28)25-24-16-19-7-10-20(11-8-19)26-13-5-14-27-21-9-6-17(2)18(3)15-21/h4,6-11,15-16H,1,5,12-14H2,2-3H3,(H2,23,25,28)/b24-16-. The zero-order valence-electron chi connectivity index (χ0n) is 16.4. The highest BCUT2D eigenvalue weighted by molar-refractivity contribution is 7.80. The highest BCUT2D eigenvalue weighted by Gasteiger charge is 1.99. The van der Waals surface area contributed by atoms with E-state index in [0.717, 1.165) is 23.5 Å². The van der Waals surface area contributed by atoms with E-state index in [4.69, 9.17) is 21.7 Å². The molecule has 2 aromatic carbocycles. The van der Waals surface area contributed by atoms with Gasteiger partial charge in [-0.2, -0.15) is 5.10 Å². The number of ether oxygens (including phenoxy) is 2. The summed E-state index contributed by atoms with van der Waals surface area (Å²) in [4.78, 5) is 0. The number of hydrogen-bond donors (Lipinski definition) is 2. The first-order valence-corrected chi connectivity index (χ1v) is 9.60. The molecule has 0 fully saturated rings. The van der Waals surface area contributed by atoms with Crippen molar-refractivity contribution in [2.45, 2.75) is 20.3 Å². The predicted octanol–water partition coefficient (Wildman–Crippen LogP) is 4.14. The summed E-state index contributed by atoms with van der Waals surface area (Å²) in [6.45, 7) is 9.62. The topological polar surface area (TPSA) is 54.9 Å². The molecule has 0 spiro atoms. The Kier molecular flexibility index (Phi) is 9.01.